The van der Waals surface area contributed by atoms with Gasteiger partial charge in [-0.25, -0.2) is 8.42 Å². The van der Waals surface area contributed by atoms with Crippen LogP contribution in [0.4, 0.5) is 5.69 Å². The molecule has 0 fully saturated rings. The molecule has 0 amide bonds. The number of anilines is 1. The van der Waals surface area contributed by atoms with Gasteiger partial charge in [-0.1, -0.05) is 42.1 Å². The molecule has 1 atom stereocenters. The number of carbonyl (C=O) groups excluding carboxylic acids is 1. The SMILES string of the molecule is C[C@H](Sc1nnc(-c2ccccc2)n1C)C(=O)c1ccc(NS(C)(=O)=O)cc1. The first-order valence-electron chi connectivity index (χ1n) is 8.48. The van der Waals surface area contributed by atoms with E-state index >= 15 is 0 Å². The first kappa shape index (κ1) is 20.1. The van der Waals surface area contributed by atoms with E-state index in [9.17, 15) is 13.2 Å². The number of carbonyl (C=O) groups is 1. The largest absolute Gasteiger partial charge is 0.305 e. The van der Waals surface area contributed by atoms with Crippen molar-refractivity contribution in [1.29, 1.82) is 0 Å². The minimum atomic E-state index is -3.35. The van der Waals surface area contributed by atoms with Crippen molar-refractivity contribution in [3.63, 3.8) is 0 Å². The fraction of sp³-hybridized carbons (Fsp3) is 0.211. The van der Waals surface area contributed by atoms with Crippen LogP contribution in [0.1, 0.15) is 17.3 Å². The second-order valence-corrected chi connectivity index (χ2v) is 9.36. The van der Waals surface area contributed by atoms with Gasteiger partial charge in [0, 0.05) is 23.9 Å². The van der Waals surface area contributed by atoms with E-state index < -0.39 is 10.0 Å². The number of ketones is 1. The molecule has 1 heterocycles. The molecular weight excluding hydrogens is 396 g/mol. The molecule has 28 heavy (non-hydrogen) atoms. The van der Waals surface area contributed by atoms with Gasteiger partial charge in [0.05, 0.1) is 11.5 Å². The summed E-state index contributed by atoms with van der Waals surface area (Å²) in [4.78, 5) is 12.7. The lowest BCUT2D eigenvalue weighted by Gasteiger charge is -2.11. The third kappa shape index (κ3) is 4.79. The van der Waals surface area contributed by atoms with Crippen LogP contribution < -0.4 is 4.72 Å². The lowest BCUT2D eigenvalue weighted by atomic mass is 10.1. The highest BCUT2D eigenvalue weighted by molar-refractivity contribution is 8.00. The highest BCUT2D eigenvalue weighted by atomic mass is 32.2. The van der Waals surface area contributed by atoms with E-state index in [0.29, 0.717) is 16.4 Å². The van der Waals surface area contributed by atoms with Crippen LogP contribution in [0.25, 0.3) is 11.4 Å². The van der Waals surface area contributed by atoms with Gasteiger partial charge in [0.15, 0.2) is 16.8 Å². The fourth-order valence-electron chi connectivity index (χ4n) is 2.62. The summed E-state index contributed by atoms with van der Waals surface area (Å²) >= 11 is 1.33. The maximum absolute atomic E-state index is 12.7. The van der Waals surface area contributed by atoms with Crippen molar-refractivity contribution in [2.24, 2.45) is 7.05 Å². The number of Topliss-reactive ketones (excluding diaryl/α,β-unsaturated/α-hetero) is 1. The van der Waals surface area contributed by atoms with Gasteiger partial charge in [0.2, 0.25) is 10.0 Å². The number of aromatic nitrogens is 3. The van der Waals surface area contributed by atoms with Gasteiger partial charge in [-0.3, -0.25) is 9.52 Å². The fourth-order valence-corrected chi connectivity index (χ4v) is 4.08. The Kier molecular flexibility index (Phi) is 5.85. The smallest absolute Gasteiger partial charge is 0.229 e. The Morgan fingerprint density at radius 3 is 2.32 bits per heavy atom. The van der Waals surface area contributed by atoms with E-state index in [1.165, 1.54) is 11.8 Å². The summed E-state index contributed by atoms with van der Waals surface area (Å²) < 4.78 is 26.8. The van der Waals surface area contributed by atoms with Crippen molar-refractivity contribution >= 4 is 33.3 Å². The van der Waals surface area contributed by atoms with Crippen molar-refractivity contribution in [3.8, 4) is 11.4 Å². The van der Waals surface area contributed by atoms with Crippen LogP contribution in [-0.4, -0.2) is 40.5 Å². The summed E-state index contributed by atoms with van der Waals surface area (Å²) in [5.74, 6) is 0.666. The second kappa shape index (κ2) is 8.15. The zero-order valence-corrected chi connectivity index (χ0v) is 17.3. The minimum Gasteiger partial charge on any atom is -0.305 e. The molecule has 9 heteroatoms. The van der Waals surface area contributed by atoms with Crippen LogP contribution in [0.2, 0.25) is 0 Å². The first-order chi connectivity index (χ1) is 13.2. The molecule has 0 spiro atoms. The van der Waals surface area contributed by atoms with Crippen LogP contribution in [0.15, 0.2) is 59.8 Å². The third-order valence-electron chi connectivity index (χ3n) is 3.99. The molecule has 2 aromatic carbocycles. The summed E-state index contributed by atoms with van der Waals surface area (Å²) in [7, 11) is -1.48. The van der Waals surface area contributed by atoms with Crippen LogP contribution in [0.5, 0.6) is 0 Å². The molecule has 0 aliphatic carbocycles. The lowest BCUT2D eigenvalue weighted by molar-refractivity contribution is 0.0994. The van der Waals surface area contributed by atoms with Crippen LogP contribution >= 0.6 is 11.8 Å². The van der Waals surface area contributed by atoms with Gasteiger partial charge in [-0.2, -0.15) is 0 Å². The van der Waals surface area contributed by atoms with Gasteiger partial charge in [0.25, 0.3) is 0 Å². The molecule has 146 valence electrons. The molecule has 1 aromatic heterocycles. The Labute approximate surface area is 168 Å². The average Bonchev–Trinajstić information content (AvgIpc) is 3.01. The summed E-state index contributed by atoms with van der Waals surface area (Å²) in [6.45, 7) is 1.81. The maximum Gasteiger partial charge on any atom is 0.229 e. The summed E-state index contributed by atoms with van der Waals surface area (Å²) in [6.07, 6.45) is 1.08. The van der Waals surface area contributed by atoms with E-state index in [-0.39, 0.29) is 11.0 Å². The molecule has 0 saturated heterocycles. The topological polar surface area (TPSA) is 93.9 Å². The highest BCUT2D eigenvalue weighted by Crippen LogP contribution is 2.27. The Bertz CT molecular complexity index is 1080. The number of sulfonamides is 1. The molecule has 0 bridgehead atoms. The summed E-state index contributed by atoms with van der Waals surface area (Å²) in [6, 6.07) is 16.1. The lowest BCUT2D eigenvalue weighted by Crippen LogP contribution is -2.15. The molecule has 3 rings (SSSR count). The Balaban J connectivity index is 1.72. The Morgan fingerprint density at radius 1 is 1.07 bits per heavy atom. The molecule has 0 aliphatic heterocycles. The number of thioether (sulfide) groups is 1. The van der Waals surface area contributed by atoms with Crippen molar-refractivity contribution in [1.82, 2.24) is 14.8 Å². The number of nitrogens with one attached hydrogen (secondary N) is 1. The molecule has 0 unspecified atom stereocenters. The molecule has 0 aliphatic rings. The van der Waals surface area contributed by atoms with E-state index in [2.05, 4.69) is 14.9 Å². The predicted molar refractivity (Wildman–Crippen MR) is 111 cm³/mol. The van der Waals surface area contributed by atoms with Crippen LogP contribution in [0, 0.1) is 0 Å². The van der Waals surface area contributed by atoms with E-state index in [1.807, 2.05) is 48.9 Å². The number of rotatable bonds is 7. The normalized spacial score (nSPS) is 12.5. The van der Waals surface area contributed by atoms with Crippen LogP contribution in [0.3, 0.4) is 0 Å². The molecule has 1 N–H and O–H groups in total. The Morgan fingerprint density at radius 2 is 1.71 bits per heavy atom. The zero-order chi connectivity index (χ0) is 20.3. The van der Waals surface area contributed by atoms with Gasteiger partial charge < -0.3 is 4.57 Å². The first-order valence-corrected chi connectivity index (χ1v) is 11.3. The molecule has 3 aromatic rings. The van der Waals surface area contributed by atoms with Crippen molar-refractivity contribution in [2.75, 3.05) is 11.0 Å². The van der Waals surface area contributed by atoms with E-state index in [4.69, 9.17) is 0 Å². The standard InChI is InChI=1S/C19H20N4O3S2/c1-13(17(24)14-9-11-16(12-10-14)22-28(3,25)26)27-19-21-20-18(23(19)2)15-7-5-4-6-8-15/h4-13,22H,1-3H3/t13-/m0/s1. The zero-order valence-electron chi connectivity index (χ0n) is 15.7. The number of hydrogen-bond acceptors (Lipinski definition) is 6. The van der Waals surface area contributed by atoms with Gasteiger partial charge in [-0.15, -0.1) is 10.2 Å². The van der Waals surface area contributed by atoms with E-state index in [1.54, 1.807) is 24.3 Å². The van der Waals surface area contributed by atoms with Crippen LogP contribution in [-0.2, 0) is 17.1 Å². The van der Waals surface area contributed by atoms with Crippen molar-refractivity contribution < 1.29 is 13.2 Å². The summed E-state index contributed by atoms with van der Waals surface area (Å²) in [5, 5.41) is 8.72. The van der Waals surface area contributed by atoms with Crippen molar-refractivity contribution in [2.45, 2.75) is 17.3 Å². The number of benzene rings is 2. The van der Waals surface area contributed by atoms with E-state index in [0.717, 1.165) is 17.6 Å². The van der Waals surface area contributed by atoms with Gasteiger partial charge >= 0.3 is 0 Å². The Hall–Kier alpha value is -2.65. The summed E-state index contributed by atoms with van der Waals surface area (Å²) in [5.41, 5.74) is 1.88. The molecule has 7 nitrogen and oxygen atoms in total. The van der Waals surface area contributed by atoms with Crippen molar-refractivity contribution in [3.05, 3.63) is 60.2 Å². The van der Waals surface area contributed by atoms with Gasteiger partial charge in [0.1, 0.15) is 0 Å². The third-order valence-corrected chi connectivity index (χ3v) is 5.73. The van der Waals surface area contributed by atoms with Gasteiger partial charge in [-0.05, 0) is 31.2 Å². The second-order valence-electron chi connectivity index (χ2n) is 6.31. The highest BCUT2D eigenvalue weighted by Gasteiger charge is 2.20. The number of hydrogen-bond donors (Lipinski definition) is 1. The maximum atomic E-state index is 12.7. The monoisotopic (exact) mass is 416 g/mol. The average molecular weight is 417 g/mol. The molecular formula is C19H20N4O3S2. The molecule has 0 radical (unpaired) electrons. The minimum absolute atomic E-state index is 0.0693. The predicted octanol–water partition coefficient (Wildman–Crippen LogP) is 3.22. The molecule has 0 saturated carbocycles. The quantitative estimate of drug-likeness (QED) is 0.469. The number of nitrogens with zero attached hydrogens (tertiary/aromatic N) is 3.